The number of nitrogens with one attached hydrogen (secondary N) is 2. The van der Waals surface area contributed by atoms with Crippen molar-refractivity contribution >= 4 is 39.8 Å². The fourth-order valence-corrected chi connectivity index (χ4v) is 2.87. The van der Waals surface area contributed by atoms with Gasteiger partial charge >= 0.3 is 12.2 Å². The van der Waals surface area contributed by atoms with Crippen LogP contribution in [0.2, 0.25) is 0 Å². The number of ketones is 1. The Balaban J connectivity index is 0.000000625. The molecule has 13 heteroatoms. The zero-order valence-electron chi connectivity index (χ0n) is 25.5. The third kappa shape index (κ3) is 20.0. The number of pyridine rings is 2. The van der Waals surface area contributed by atoms with Crippen molar-refractivity contribution in [2.45, 2.75) is 66.6 Å². The average Bonchev–Trinajstić information content (AvgIpc) is 2.84. The van der Waals surface area contributed by atoms with Crippen LogP contribution in [0.4, 0.5) is 9.59 Å². The molecule has 0 aliphatic heterocycles. The van der Waals surface area contributed by atoms with Crippen molar-refractivity contribution in [1.29, 1.82) is 0 Å². The van der Waals surface area contributed by atoms with Gasteiger partial charge in [-0.3, -0.25) is 14.4 Å². The number of aromatic nitrogens is 2. The number of likely N-dealkylation sites (N-methyl/N-ethyl adjacent to an activating group) is 1. The van der Waals surface area contributed by atoms with Crippen molar-refractivity contribution in [3.63, 3.8) is 0 Å². The van der Waals surface area contributed by atoms with E-state index in [0.29, 0.717) is 5.69 Å². The maximum atomic E-state index is 11.7. The van der Waals surface area contributed by atoms with Crippen LogP contribution in [0.3, 0.4) is 0 Å². The molecular weight excluding hydrogens is 598 g/mol. The maximum absolute atomic E-state index is 11.7. The molecule has 0 radical (unpaired) electrons. The fourth-order valence-electron chi connectivity index (χ4n) is 2.44. The smallest absolute Gasteiger partial charge is 0.408 e. The van der Waals surface area contributed by atoms with Gasteiger partial charge < -0.3 is 20.1 Å². The number of hydrogen-bond acceptors (Lipinski definition) is 9. The molecule has 0 aromatic carbocycles. The molecule has 2 heterocycles. The molecule has 2 N–H and O–H groups in total. The molecule has 0 saturated heterocycles. The minimum Gasteiger partial charge on any atom is -0.444 e. The normalized spacial score (nSPS) is 10.5. The summed E-state index contributed by atoms with van der Waals surface area (Å²) in [5, 5.41) is 5.75. The Bertz CT molecular complexity index is 1130. The number of ether oxygens (including phenoxy) is 2. The van der Waals surface area contributed by atoms with Crippen LogP contribution in [0.5, 0.6) is 0 Å². The van der Waals surface area contributed by atoms with Crippen LogP contribution in [-0.4, -0.2) is 77.4 Å². The largest absolute Gasteiger partial charge is 0.444 e. The Labute approximate surface area is 250 Å². The summed E-state index contributed by atoms with van der Waals surface area (Å²) in [6.45, 7) is 14.0. The van der Waals surface area contributed by atoms with Crippen molar-refractivity contribution in [3.8, 4) is 0 Å². The molecule has 0 atom stereocenters. The average molecular weight is 641 g/mol. The molecule has 0 saturated carbocycles. The van der Waals surface area contributed by atoms with Gasteiger partial charge in [0.05, 0.1) is 13.7 Å². The van der Waals surface area contributed by atoms with Crippen LogP contribution in [-0.2, 0) is 19.1 Å². The number of carbonyl (C=O) groups is 4. The number of hydrogen-bond donors (Lipinski definition) is 2. The molecular formula is C28H42BrN5O7. The van der Waals surface area contributed by atoms with Crippen LogP contribution in [0.1, 0.15) is 63.4 Å². The number of carbonyl (C=O) groups excluding carboxylic acids is 4. The summed E-state index contributed by atoms with van der Waals surface area (Å²) in [5.74, 6) is -0.604. The zero-order chi connectivity index (χ0) is 31.8. The highest BCUT2D eigenvalue weighted by molar-refractivity contribution is 9.10. The molecule has 2 rings (SSSR count). The number of hydroxylamine groups is 2. The first-order valence-electron chi connectivity index (χ1n) is 12.6. The number of nitrogens with zero attached hydrogens (tertiary/aromatic N) is 3. The first kappa shape index (κ1) is 37.4. The summed E-state index contributed by atoms with van der Waals surface area (Å²) in [6, 6.07) is 11.0. The predicted octanol–water partition coefficient (Wildman–Crippen LogP) is 4.78. The van der Waals surface area contributed by atoms with Crippen LogP contribution < -0.4 is 10.6 Å². The number of Topliss-reactive ketones (excluding diaryl/α,β-unsaturated/α-hetero) is 1. The molecule has 3 amide bonds. The minimum absolute atomic E-state index is 0.120. The molecule has 0 spiro atoms. The first-order chi connectivity index (χ1) is 18.8. The minimum atomic E-state index is -0.625. The second-order valence-electron chi connectivity index (χ2n) is 10.5. The van der Waals surface area contributed by atoms with E-state index in [2.05, 4.69) is 41.4 Å². The number of amides is 3. The lowest BCUT2D eigenvalue weighted by Crippen LogP contribution is -2.40. The van der Waals surface area contributed by atoms with Gasteiger partial charge in [-0.25, -0.2) is 24.6 Å². The van der Waals surface area contributed by atoms with Gasteiger partial charge in [0, 0.05) is 18.4 Å². The van der Waals surface area contributed by atoms with Crippen LogP contribution in [0.15, 0.2) is 41.0 Å². The van der Waals surface area contributed by atoms with E-state index in [4.69, 9.17) is 9.47 Å². The number of aryl methyl sites for hydroxylation is 2. The van der Waals surface area contributed by atoms with E-state index < -0.39 is 23.4 Å². The number of halogens is 1. The molecule has 0 aliphatic rings. The third-order valence-corrected chi connectivity index (χ3v) is 4.67. The van der Waals surface area contributed by atoms with E-state index in [0.717, 1.165) is 21.1 Å². The summed E-state index contributed by atoms with van der Waals surface area (Å²) >= 11 is 3.25. The summed E-state index contributed by atoms with van der Waals surface area (Å²) < 4.78 is 10.9. The second kappa shape index (κ2) is 18.0. The number of rotatable bonds is 6. The van der Waals surface area contributed by atoms with Gasteiger partial charge in [0.15, 0.2) is 5.78 Å². The van der Waals surface area contributed by atoms with Crippen molar-refractivity contribution in [2.75, 3.05) is 27.2 Å². The topological polar surface area (TPSA) is 149 Å². The monoisotopic (exact) mass is 639 g/mol. The maximum Gasteiger partial charge on any atom is 0.408 e. The SMILES string of the molecule is CON(C)C(=O)CNC(=O)OC(C)(C)C.Cc1cccc(Br)n1.Cc1cccc(C(=O)CNC(=O)OC(C)(C)C)n1. The molecule has 41 heavy (non-hydrogen) atoms. The lowest BCUT2D eigenvalue weighted by Gasteiger charge is -2.20. The van der Waals surface area contributed by atoms with E-state index in [1.807, 2.05) is 25.1 Å². The number of alkyl carbamates (subject to hydrolysis) is 2. The quantitative estimate of drug-likeness (QED) is 0.259. The van der Waals surface area contributed by atoms with Gasteiger partial charge in [-0.1, -0.05) is 12.1 Å². The first-order valence-corrected chi connectivity index (χ1v) is 13.4. The third-order valence-electron chi connectivity index (χ3n) is 4.23. The highest BCUT2D eigenvalue weighted by Gasteiger charge is 2.18. The van der Waals surface area contributed by atoms with Crippen molar-refractivity contribution < 1.29 is 33.5 Å². The highest BCUT2D eigenvalue weighted by atomic mass is 79.9. The van der Waals surface area contributed by atoms with Gasteiger partial charge in [-0.2, -0.15) is 0 Å². The van der Waals surface area contributed by atoms with Crippen molar-refractivity contribution in [1.82, 2.24) is 25.7 Å². The van der Waals surface area contributed by atoms with Gasteiger partial charge in [-0.15, -0.1) is 0 Å². The van der Waals surface area contributed by atoms with E-state index in [-0.39, 0.29) is 24.8 Å². The van der Waals surface area contributed by atoms with Crippen LogP contribution >= 0.6 is 15.9 Å². The van der Waals surface area contributed by atoms with Crippen molar-refractivity contribution in [2.24, 2.45) is 0 Å². The zero-order valence-corrected chi connectivity index (χ0v) is 27.0. The Morgan fingerprint density at radius 2 is 1.27 bits per heavy atom. The van der Waals surface area contributed by atoms with Crippen LogP contribution in [0, 0.1) is 13.8 Å². The lowest BCUT2D eigenvalue weighted by molar-refractivity contribution is -0.167. The molecule has 228 valence electrons. The van der Waals surface area contributed by atoms with Gasteiger partial charge in [0.1, 0.15) is 28.0 Å². The standard InChI is InChI=1S/C13H18N2O3.C9H18N2O4.C6H6BrN/c1-9-6-5-7-10(15-9)11(16)8-14-12(17)18-13(2,3)4;1-9(2,3)15-8(13)10-6-7(12)11(4)14-5;1-5-3-2-4-6(7)8-5/h5-7H,8H2,1-4H3,(H,14,17);6H2,1-5H3,(H,10,13);2-4H,1H3. The molecule has 2 aromatic heterocycles. The van der Waals surface area contributed by atoms with Gasteiger partial charge in [0.25, 0.3) is 5.91 Å². The van der Waals surface area contributed by atoms with Crippen molar-refractivity contribution in [3.05, 3.63) is 58.1 Å². The Morgan fingerprint density at radius 3 is 1.66 bits per heavy atom. The second-order valence-corrected chi connectivity index (χ2v) is 11.3. The van der Waals surface area contributed by atoms with E-state index in [1.165, 1.54) is 14.2 Å². The Morgan fingerprint density at radius 1 is 0.805 bits per heavy atom. The highest BCUT2D eigenvalue weighted by Crippen LogP contribution is 2.07. The predicted molar refractivity (Wildman–Crippen MR) is 158 cm³/mol. The van der Waals surface area contributed by atoms with E-state index >= 15 is 0 Å². The summed E-state index contributed by atoms with van der Waals surface area (Å²) in [6.07, 6.45) is -1.23. The Hall–Kier alpha value is -3.58. The molecule has 12 nitrogen and oxygen atoms in total. The summed E-state index contributed by atoms with van der Waals surface area (Å²) in [4.78, 5) is 58.2. The molecule has 0 fully saturated rings. The summed E-state index contributed by atoms with van der Waals surface area (Å²) in [5.41, 5.74) is 0.998. The van der Waals surface area contributed by atoms with Gasteiger partial charge in [-0.05, 0) is 95.6 Å². The van der Waals surface area contributed by atoms with E-state index in [1.54, 1.807) is 66.7 Å². The van der Waals surface area contributed by atoms with Crippen LogP contribution in [0.25, 0.3) is 0 Å². The molecule has 0 aliphatic carbocycles. The fraction of sp³-hybridized carbons (Fsp3) is 0.500. The molecule has 2 aromatic rings. The summed E-state index contributed by atoms with van der Waals surface area (Å²) in [7, 11) is 2.82. The lowest BCUT2D eigenvalue weighted by atomic mass is 10.2. The molecule has 0 bridgehead atoms. The Kier molecular flexibility index (Phi) is 16.4. The van der Waals surface area contributed by atoms with Gasteiger partial charge in [0.2, 0.25) is 0 Å². The van der Waals surface area contributed by atoms with E-state index in [9.17, 15) is 19.2 Å². The molecule has 0 unspecified atom stereocenters.